The molecule has 1 aromatic carbocycles. The van der Waals surface area contributed by atoms with Crippen LogP contribution in [0.1, 0.15) is 25.3 Å². The van der Waals surface area contributed by atoms with Crippen LogP contribution in [0.3, 0.4) is 0 Å². The molecule has 0 aliphatic rings. The molecule has 0 nitrogen and oxygen atoms in total. The summed E-state index contributed by atoms with van der Waals surface area (Å²) in [6.45, 7) is 3.54. The lowest BCUT2D eigenvalue weighted by atomic mass is 10.0. The average Bonchev–Trinajstić information content (AvgIpc) is 1.82. The molecule has 12 heavy (non-hydrogen) atoms. The first-order chi connectivity index (χ1) is 5.52. The van der Waals surface area contributed by atoms with Crippen molar-refractivity contribution < 1.29 is 8.78 Å². The van der Waals surface area contributed by atoms with Crippen molar-refractivity contribution in [3.8, 4) is 0 Å². The van der Waals surface area contributed by atoms with Crippen molar-refractivity contribution in [3.05, 3.63) is 32.9 Å². The standard InChI is InChI=1S/C9H9F2I/c1-5(2)9-7(10)3-6(12)4-8(9)11/h3-5H,1-2H3. The molecule has 0 saturated heterocycles. The minimum atomic E-state index is -0.450. The van der Waals surface area contributed by atoms with Gasteiger partial charge in [0.1, 0.15) is 11.6 Å². The van der Waals surface area contributed by atoms with Crippen molar-refractivity contribution in [1.29, 1.82) is 0 Å². The van der Waals surface area contributed by atoms with Gasteiger partial charge in [0.05, 0.1) is 0 Å². The molecule has 0 aliphatic heterocycles. The molecule has 0 bridgehead atoms. The van der Waals surface area contributed by atoms with E-state index in [4.69, 9.17) is 0 Å². The Hall–Kier alpha value is -0.190. The third-order valence-corrected chi connectivity index (χ3v) is 2.24. The summed E-state index contributed by atoms with van der Waals surface area (Å²) < 4.78 is 26.8. The predicted octanol–water partition coefficient (Wildman–Crippen LogP) is 3.69. The van der Waals surface area contributed by atoms with Crippen LogP contribution < -0.4 is 0 Å². The highest BCUT2D eigenvalue weighted by atomic mass is 127. The lowest BCUT2D eigenvalue weighted by molar-refractivity contribution is 0.540. The first-order valence-corrected chi connectivity index (χ1v) is 4.74. The van der Waals surface area contributed by atoms with Gasteiger partial charge in [-0.1, -0.05) is 13.8 Å². The smallest absolute Gasteiger partial charge is 0.130 e. The molecule has 0 spiro atoms. The molecule has 0 aliphatic carbocycles. The fraction of sp³-hybridized carbons (Fsp3) is 0.333. The van der Waals surface area contributed by atoms with E-state index in [0.717, 1.165) is 0 Å². The van der Waals surface area contributed by atoms with Gasteiger partial charge in [-0.2, -0.15) is 0 Å². The van der Waals surface area contributed by atoms with Crippen molar-refractivity contribution in [2.45, 2.75) is 19.8 Å². The second kappa shape index (κ2) is 3.68. The SMILES string of the molecule is CC(C)c1c(F)cc(I)cc1F. The van der Waals surface area contributed by atoms with Gasteiger partial charge in [0.2, 0.25) is 0 Å². The maximum absolute atomic E-state index is 13.1. The van der Waals surface area contributed by atoms with Crippen LogP contribution in [-0.4, -0.2) is 0 Å². The number of benzene rings is 1. The third-order valence-electron chi connectivity index (χ3n) is 1.62. The van der Waals surface area contributed by atoms with Crippen molar-refractivity contribution in [2.24, 2.45) is 0 Å². The largest absolute Gasteiger partial charge is 0.207 e. The van der Waals surface area contributed by atoms with Crippen molar-refractivity contribution in [2.75, 3.05) is 0 Å². The van der Waals surface area contributed by atoms with Crippen LogP contribution in [0.5, 0.6) is 0 Å². The average molecular weight is 282 g/mol. The number of hydrogen-bond donors (Lipinski definition) is 0. The molecule has 0 aromatic heterocycles. The number of halogens is 3. The third kappa shape index (κ3) is 1.94. The molecule has 0 amide bonds. The Morgan fingerprint density at radius 3 is 1.92 bits per heavy atom. The van der Waals surface area contributed by atoms with E-state index in [-0.39, 0.29) is 11.5 Å². The molecule has 1 aromatic rings. The zero-order valence-electron chi connectivity index (χ0n) is 6.87. The van der Waals surface area contributed by atoms with E-state index in [9.17, 15) is 8.78 Å². The molecular weight excluding hydrogens is 273 g/mol. The van der Waals surface area contributed by atoms with Gasteiger partial charge in [0, 0.05) is 9.13 Å². The van der Waals surface area contributed by atoms with Crippen LogP contribution in [-0.2, 0) is 0 Å². The van der Waals surface area contributed by atoms with Crippen LogP contribution in [0, 0.1) is 15.2 Å². The molecule has 0 heterocycles. The fourth-order valence-corrected chi connectivity index (χ4v) is 1.65. The number of rotatable bonds is 1. The Morgan fingerprint density at radius 1 is 1.17 bits per heavy atom. The van der Waals surface area contributed by atoms with Crippen LogP contribution in [0.25, 0.3) is 0 Å². The molecule has 0 atom stereocenters. The van der Waals surface area contributed by atoms with E-state index in [1.807, 2.05) is 22.6 Å². The first kappa shape index (κ1) is 9.89. The molecule has 0 fully saturated rings. The van der Waals surface area contributed by atoms with E-state index in [0.29, 0.717) is 3.57 Å². The van der Waals surface area contributed by atoms with Gasteiger partial charge in [-0.05, 0) is 40.6 Å². The van der Waals surface area contributed by atoms with Crippen molar-refractivity contribution in [3.63, 3.8) is 0 Å². The van der Waals surface area contributed by atoms with Gasteiger partial charge in [-0.25, -0.2) is 8.78 Å². The summed E-state index contributed by atoms with van der Waals surface area (Å²) in [5.41, 5.74) is 0.176. The van der Waals surface area contributed by atoms with E-state index >= 15 is 0 Å². The van der Waals surface area contributed by atoms with Crippen LogP contribution in [0.4, 0.5) is 8.78 Å². The number of hydrogen-bond acceptors (Lipinski definition) is 0. The molecule has 0 saturated carbocycles. The summed E-state index contributed by atoms with van der Waals surface area (Å²) in [5, 5.41) is 0. The fourth-order valence-electron chi connectivity index (χ4n) is 1.10. The molecule has 3 heteroatoms. The van der Waals surface area contributed by atoms with Gasteiger partial charge in [-0.15, -0.1) is 0 Å². The minimum Gasteiger partial charge on any atom is -0.207 e. The molecule has 0 unspecified atom stereocenters. The summed E-state index contributed by atoms with van der Waals surface area (Å²) in [5.74, 6) is -1.01. The summed E-state index contributed by atoms with van der Waals surface area (Å²) >= 11 is 1.89. The highest BCUT2D eigenvalue weighted by Gasteiger charge is 2.12. The van der Waals surface area contributed by atoms with E-state index < -0.39 is 11.6 Å². The van der Waals surface area contributed by atoms with Gasteiger partial charge in [0.25, 0.3) is 0 Å². The van der Waals surface area contributed by atoms with E-state index in [1.54, 1.807) is 13.8 Å². The van der Waals surface area contributed by atoms with E-state index in [1.165, 1.54) is 12.1 Å². The summed E-state index contributed by atoms with van der Waals surface area (Å²) in [6.07, 6.45) is 0. The molecule has 66 valence electrons. The van der Waals surface area contributed by atoms with Crippen LogP contribution in [0.15, 0.2) is 12.1 Å². The Balaban J connectivity index is 3.28. The van der Waals surface area contributed by atoms with Gasteiger partial charge in [0.15, 0.2) is 0 Å². The maximum Gasteiger partial charge on any atom is 0.130 e. The van der Waals surface area contributed by atoms with E-state index in [2.05, 4.69) is 0 Å². The second-order valence-corrected chi connectivity index (χ2v) is 4.18. The molecule has 0 radical (unpaired) electrons. The van der Waals surface area contributed by atoms with Crippen molar-refractivity contribution in [1.82, 2.24) is 0 Å². The van der Waals surface area contributed by atoms with Crippen LogP contribution >= 0.6 is 22.6 Å². The summed E-state index contributed by atoms with van der Waals surface area (Å²) in [6, 6.07) is 2.69. The molecule has 1 rings (SSSR count). The Morgan fingerprint density at radius 2 is 1.58 bits per heavy atom. The Kier molecular flexibility index (Phi) is 3.04. The monoisotopic (exact) mass is 282 g/mol. The Bertz CT molecular complexity index is 272. The lowest BCUT2D eigenvalue weighted by Gasteiger charge is -2.08. The zero-order chi connectivity index (χ0) is 9.30. The Labute approximate surface area is 84.1 Å². The van der Waals surface area contributed by atoms with Crippen LogP contribution in [0.2, 0.25) is 0 Å². The minimum absolute atomic E-state index is 0.109. The summed E-state index contributed by atoms with van der Waals surface area (Å²) in [4.78, 5) is 0. The van der Waals surface area contributed by atoms with Gasteiger partial charge >= 0.3 is 0 Å². The van der Waals surface area contributed by atoms with Crippen molar-refractivity contribution >= 4 is 22.6 Å². The highest BCUT2D eigenvalue weighted by molar-refractivity contribution is 14.1. The zero-order valence-corrected chi connectivity index (χ0v) is 9.02. The van der Waals surface area contributed by atoms with Gasteiger partial charge in [-0.3, -0.25) is 0 Å². The first-order valence-electron chi connectivity index (χ1n) is 3.67. The topological polar surface area (TPSA) is 0 Å². The highest BCUT2D eigenvalue weighted by Crippen LogP contribution is 2.23. The summed E-state index contributed by atoms with van der Waals surface area (Å²) in [7, 11) is 0. The molecular formula is C9H9F2I. The maximum atomic E-state index is 13.1. The second-order valence-electron chi connectivity index (χ2n) is 2.94. The predicted molar refractivity (Wildman–Crippen MR) is 53.2 cm³/mol. The van der Waals surface area contributed by atoms with Gasteiger partial charge < -0.3 is 0 Å². The normalized spacial score (nSPS) is 10.8. The molecule has 0 N–H and O–H groups in total. The lowest BCUT2D eigenvalue weighted by Crippen LogP contribution is -1.98. The quantitative estimate of drug-likeness (QED) is 0.689.